The largest absolute Gasteiger partial charge is 0.309 e. The Kier molecular flexibility index (Phi) is 4.96. The Morgan fingerprint density at radius 3 is 2.62 bits per heavy atom. The molecule has 114 valence electrons. The predicted molar refractivity (Wildman–Crippen MR) is 90.5 cm³/mol. The van der Waals surface area contributed by atoms with Crippen LogP contribution in [0.15, 0.2) is 36.7 Å². The summed E-state index contributed by atoms with van der Waals surface area (Å²) < 4.78 is 0. The molecule has 0 amide bonds. The number of aromatic nitrogens is 1. The van der Waals surface area contributed by atoms with E-state index in [-0.39, 0.29) is 11.6 Å². The summed E-state index contributed by atoms with van der Waals surface area (Å²) in [4.78, 5) is 6.66. The second kappa shape index (κ2) is 6.54. The summed E-state index contributed by atoms with van der Waals surface area (Å²) in [6.45, 7) is 7.70. The molecule has 0 aliphatic heterocycles. The first-order chi connectivity index (χ1) is 10.0. The number of benzene rings is 1. The van der Waals surface area contributed by atoms with Gasteiger partial charge < -0.3 is 10.2 Å². The summed E-state index contributed by atoms with van der Waals surface area (Å²) in [5.74, 6) is 0. The van der Waals surface area contributed by atoms with Gasteiger partial charge in [-0.2, -0.15) is 0 Å². The van der Waals surface area contributed by atoms with Gasteiger partial charge in [0.05, 0.1) is 6.04 Å². The van der Waals surface area contributed by atoms with Gasteiger partial charge in [-0.05, 0) is 51.0 Å². The number of fused-ring (bicyclic) bond motifs is 1. The first-order valence-corrected chi connectivity index (χ1v) is 7.78. The van der Waals surface area contributed by atoms with Gasteiger partial charge >= 0.3 is 0 Å². The molecule has 1 aromatic carbocycles. The van der Waals surface area contributed by atoms with Gasteiger partial charge in [0.1, 0.15) is 0 Å². The molecule has 2 unspecified atom stereocenters. The Morgan fingerprint density at radius 1 is 1.24 bits per heavy atom. The average Bonchev–Trinajstić information content (AvgIpc) is 2.51. The van der Waals surface area contributed by atoms with E-state index in [0.29, 0.717) is 0 Å². The van der Waals surface area contributed by atoms with E-state index in [0.717, 1.165) is 13.0 Å². The molecule has 1 N–H and O–H groups in total. The van der Waals surface area contributed by atoms with Crippen LogP contribution < -0.4 is 5.32 Å². The molecule has 0 bridgehead atoms. The molecular weight excluding hydrogens is 258 g/mol. The fourth-order valence-corrected chi connectivity index (χ4v) is 3.04. The lowest BCUT2D eigenvalue weighted by Crippen LogP contribution is -2.51. The smallest absolute Gasteiger partial charge is 0.0510 e. The normalized spacial score (nSPS) is 16.1. The lowest BCUT2D eigenvalue weighted by Gasteiger charge is -2.43. The van der Waals surface area contributed by atoms with Crippen molar-refractivity contribution in [2.45, 2.75) is 38.8 Å². The minimum Gasteiger partial charge on any atom is -0.309 e. The third kappa shape index (κ3) is 2.94. The summed E-state index contributed by atoms with van der Waals surface area (Å²) in [7, 11) is 4.33. The van der Waals surface area contributed by atoms with E-state index in [1.807, 2.05) is 12.4 Å². The molecule has 2 atom stereocenters. The molecule has 0 spiro atoms. The maximum Gasteiger partial charge on any atom is 0.0510 e. The highest BCUT2D eigenvalue weighted by Crippen LogP contribution is 2.35. The Labute approximate surface area is 128 Å². The Bertz CT molecular complexity index is 589. The zero-order valence-corrected chi connectivity index (χ0v) is 13.9. The summed E-state index contributed by atoms with van der Waals surface area (Å²) in [6, 6.07) is 8.89. The van der Waals surface area contributed by atoms with Crippen molar-refractivity contribution in [3.05, 3.63) is 42.2 Å². The van der Waals surface area contributed by atoms with Crippen LogP contribution in [0, 0.1) is 0 Å². The Hall–Kier alpha value is -1.45. The van der Waals surface area contributed by atoms with E-state index in [1.165, 1.54) is 16.3 Å². The maximum absolute atomic E-state index is 4.33. The van der Waals surface area contributed by atoms with E-state index in [9.17, 15) is 0 Å². The van der Waals surface area contributed by atoms with E-state index in [4.69, 9.17) is 0 Å². The second-order valence-electron chi connectivity index (χ2n) is 6.04. The van der Waals surface area contributed by atoms with E-state index >= 15 is 0 Å². The molecule has 2 aromatic rings. The van der Waals surface area contributed by atoms with Crippen LogP contribution in [0.3, 0.4) is 0 Å². The molecule has 0 aliphatic carbocycles. The van der Waals surface area contributed by atoms with Gasteiger partial charge in [0, 0.05) is 23.3 Å². The van der Waals surface area contributed by atoms with Crippen molar-refractivity contribution < 1.29 is 0 Å². The molecule has 3 nitrogen and oxygen atoms in total. The number of nitrogens with zero attached hydrogens (tertiary/aromatic N) is 2. The number of nitrogens with one attached hydrogen (secondary N) is 1. The van der Waals surface area contributed by atoms with Gasteiger partial charge in [-0.3, -0.25) is 4.98 Å². The molecule has 1 heterocycles. The average molecular weight is 285 g/mol. The van der Waals surface area contributed by atoms with Crippen LogP contribution in [0.5, 0.6) is 0 Å². The molecule has 0 saturated carbocycles. The summed E-state index contributed by atoms with van der Waals surface area (Å²) >= 11 is 0. The van der Waals surface area contributed by atoms with Crippen molar-refractivity contribution in [3.63, 3.8) is 0 Å². The highest BCUT2D eigenvalue weighted by atomic mass is 15.2. The minimum atomic E-state index is 0.0557. The Balaban J connectivity index is 2.60. The molecule has 0 saturated heterocycles. The number of rotatable bonds is 6. The molecule has 0 aliphatic rings. The van der Waals surface area contributed by atoms with Crippen LogP contribution in [-0.4, -0.2) is 36.1 Å². The van der Waals surface area contributed by atoms with Crippen LogP contribution in [-0.2, 0) is 0 Å². The standard InChI is InChI=1S/C18H27N3/c1-6-18(3,21(4)5)17(20-7-2)15-10-8-9-14-11-12-19-13-16(14)15/h8-13,17,20H,6-7H2,1-5H3. The lowest BCUT2D eigenvalue weighted by molar-refractivity contribution is 0.114. The van der Waals surface area contributed by atoms with Crippen LogP contribution >= 0.6 is 0 Å². The molecule has 21 heavy (non-hydrogen) atoms. The fraction of sp³-hybridized carbons (Fsp3) is 0.500. The quantitative estimate of drug-likeness (QED) is 0.878. The van der Waals surface area contributed by atoms with Crippen molar-refractivity contribution in [1.29, 1.82) is 0 Å². The highest BCUT2D eigenvalue weighted by Gasteiger charge is 2.36. The van der Waals surface area contributed by atoms with E-state index < -0.39 is 0 Å². The van der Waals surface area contributed by atoms with Gasteiger partial charge in [0.15, 0.2) is 0 Å². The molecule has 0 fully saturated rings. The maximum atomic E-state index is 4.33. The summed E-state index contributed by atoms with van der Waals surface area (Å²) in [6.07, 6.45) is 4.92. The van der Waals surface area contributed by atoms with Crippen molar-refractivity contribution >= 4 is 10.8 Å². The number of hydrogen-bond donors (Lipinski definition) is 1. The van der Waals surface area contributed by atoms with Gasteiger partial charge in [-0.15, -0.1) is 0 Å². The lowest BCUT2D eigenvalue weighted by atomic mass is 9.82. The number of hydrogen-bond acceptors (Lipinski definition) is 3. The minimum absolute atomic E-state index is 0.0557. The zero-order chi connectivity index (χ0) is 15.5. The molecular formula is C18H27N3. The number of pyridine rings is 1. The van der Waals surface area contributed by atoms with Crippen molar-refractivity contribution in [1.82, 2.24) is 15.2 Å². The summed E-state index contributed by atoms with van der Waals surface area (Å²) in [5, 5.41) is 6.19. The number of likely N-dealkylation sites (N-methyl/N-ethyl adjacent to an activating group) is 2. The van der Waals surface area contributed by atoms with Crippen LogP contribution in [0.2, 0.25) is 0 Å². The third-order valence-corrected chi connectivity index (χ3v) is 4.80. The molecule has 1 aromatic heterocycles. The van der Waals surface area contributed by atoms with Gasteiger partial charge in [-0.1, -0.05) is 32.0 Å². The molecule has 0 radical (unpaired) electrons. The van der Waals surface area contributed by atoms with Crippen LogP contribution in [0.4, 0.5) is 0 Å². The topological polar surface area (TPSA) is 28.2 Å². The summed E-state index contributed by atoms with van der Waals surface area (Å²) in [5.41, 5.74) is 1.39. The first-order valence-electron chi connectivity index (χ1n) is 7.78. The van der Waals surface area contributed by atoms with E-state index in [2.05, 4.69) is 74.3 Å². The van der Waals surface area contributed by atoms with Crippen molar-refractivity contribution in [2.24, 2.45) is 0 Å². The monoisotopic (exact) mass is 285 g/mol. The molecule has 2 rings (SSSR count). The van der Waals surface area contributed by atoms with Crippen molar-refractivity contribution in [2.75, 3.05) is 20.6 Å². The zero-order valence-electron chi connectivity index (χ0n) is 13.9. The second-order valence-corrected chi connectivity index (χ2v) is 6.04. The molecule has 3 heteroatoms. The fourth-order valence-electron chi connectivity index (χ4n) is 3.04. The van der Waals surface area contributed by atoms with Gasteiger partial charge in [-0.25, -0.2) is 0 Å². The predicted octanol–water partition coefficient (Wildman–Crippen LogP) is 3.62. The first kappa shape index (κ1) is 15.9. The Morgan fingerprint density at radius 2 is 2.00 bits per heavy atom. The van der Waals surface area contributed by atoms with Gasteiger partial charge in [0.25, 0.3) is 0 Å². The van der Waals surface area contributed by atoms with Crippen molar-refractivity contribution in [3.8, 4) is 0 Å². The highest BCUT2D eigenvalue weighted by molar-refractivity contribution is 5.85. The third-order valence-electron chi connectivity index (χ3n) is 4.80. The van der Waals surface area contributed by atoms with Crippen LogP contribution in [0.25, 0.3) is 10.8 Å². The SMILES string of the molecule is CCNC(c1cccc2ccncc12)C(C)(CC)N(C)C. The van der Waals surface area contributed by atoms with Crippen LogP contribution in [0.1, 0.15) is 38.8 Å². The van der Waals surface area contributed by atoms with Gasteiger partial charge in [0.2, 0.25) is 0 Å². The van der Waals surface area contributed by atoms with E-state index in [1.54, 1.807) is 0 Å².